The molecule has 0 spiro atoms. The number of aromatic amines is 1. The van der Waals surface area contributed by atoms with Gasteiger partial charge in [0, 0.05) is 13.0 Å². The van der Waals surface area contributed by atoms with Gasteiger partial charge in [-0.25, -0.2) is 9.89 Å². The number of hydrogen-bond acceptors (Lipinski definition) is 6. The van der Waals surface area contributed by atoms with Gasteiger partial charge < -0.3 is 4.52 Å². The number of benzene rings is 1. The van der Waals surface area contributed by atoms with Gasteiger partial charge in [-0.1, -0.05) is 54.2 Å². The second-order valence-corrected chi connectivity index (χ2v) is 6.28. The molecular formula is C16H19N5O2S. The largest absolute Gasteiger partial charge is 0.343 e. The molecule has 7 nitrogen and oxygen atoms in total. The number of nitrogens with zero attached hydrogens (tertiary/aromatic N) is 4. The van der Waals surface area contributed by atoms with Crippen LogP contribution in [-0.4, -0.2) is 24.9 Å². The van der Waals surface area contributed by atoms with Crippen LogP contribution in [0.1, 0.15) is 30.6 Å². The Morgan fingerprint density at radius 3 is 2.88 bits per heavy atom. The van der Waals surface area contributed by atoms with E-state index in [0.29, 0.717) is 23.3 Å². The van der Waals surface area contributed by atoms with Crippen LogP contribution in [0, 0.1) is 0 Å². The molecule has 0 saturated heterocycles. The molecule has 1 aromatic carbocycles. The molecule has 3 rings (SSSR count). The van der Waals surface area contributed by atoms with E-state index in [1.54, 1.807) is 4.57 Å². The van der Waals surface area contributed by atoms with Gasteiger partial charge in [-0.3, -0.25) is 4.57 Å². The molecule has 0 amide bonds. The van der Waals surface area contributed by atoms with Gasteiger partial charge in [0.1, 0.15) is 0 Å². The van der Waals surface area contributed by atoms with Gasteiger partial charge in [-0.05, 0) is 18.4 Å². The topological polar surface area (TPSA) is 89.6 Å². The third-order valence-corrected chi connectivity index (χ3v) is 4.46. The summed E-state index contributed by atoms with van der Waals surface area (Å²) in [6, 6.07) is 10.1. The molecule has 0 fully saturated rings. The van der Waals surface area contributed by atoms with Crippen LogP contribution in [-0.2, 0) is 25.1 Å². The predicted octanol–water partition coefficient (Wildman–Crippen LogP) is 2.44. The average molecular weight is 345 g/mol. The zero-order valence-electron chi connectivity index (χ0n) is 13.4. The van der Waals surface area contributed by atoms with Crippen molar-refractivity contribution < 1.29 is 4.52 Å². The number of nitrogens with one attached hydrogen (secondary N) is 1. The fourth-order valence-corrected chi connectivity index (χ4v) is 3.11. The molecule has 0 aliphatic heterocycles. The summed E-state index contributed by atoms with van der Waals surface area (Å²) >= 11 is 1.41. The van der Waals surface area contributed by atoms with Gasteiger partial charge in [0.2, 0.25) is 5.89 Å². The molecule has 2 heterocycles. The summed E-state index contributed by atoms with van der Waals surface area (Å²) in [7, 11) is 0. The molecular weight excluding hydrogens is 326 g/mol. The van der Waals surface area contributed by atoms with Crippen molar-refractivity contribution in [2.75, 3.05) is 0 Å². The lowest BCUT2D eigenvalue weighted by Crippen LogP contribution is -2.18. The fourth-order valence-electron chi connectivity index (χ4n) is 2.30. The van der Waals surface area contributed by atoms with E-state index in [4.69, 9.17) is 4.52 Å². The number of rotatable bonds is 8. The van der Waals surface area contributed by atoms with Crippen LogP contribution >= 0.6 is 11.8 Å². The van der Waals surface area contributed by atoms with Crippen molar-refractivity contribution in [2.45, 2.75) is 43.6 Å². The van der Waals surface area contributed by atoms with Gasteiger partial charge in [-0.15, -0.1) is 5.10 Å². The minimum Gasteiger partial charge on any atom is -0.338 e. The Hall–Kier alpha value is -2.35. The van der Waals surface area contributed by atoms with E-state index in [1.165, 1.54) is 17.3 Å². The van der Waals surface area contributed by atoms with Crippen molar-refractivity contribution in [3.05, 3.63) is 58.1 Å². The molecule has 1 N–H and O–H groups in total. The lowest BCUT2D eigenvalue weighted by Gasteiger charge is -2.04. The van der Waals surface area contributed by atoms with E-state index in [9.17, 15) is 4.79 Å². The molecule has 0 aliphatic rings. The summed E-state index contributed by atoms with van der Waals surface area (Å²) in [5.41, 5.74) is 0.980. The fraction of sp³-hybridized carbons (Fsp3) is 0.375. The normalized spacial score (nSPS) is 11.0. The Bertz CT molecular complexity index is 824. The van der Waals surface area contributed by atoms with Crippen molar-refractivity contribution in [3.8, 4) is 0 Å². The maximum absolute atomic E-state index is 11.9. The third-order valence-electron chi connectivity index (χ3n) is 3.50. The Labute approximate surface area is 143 Å². The number of aromatic nitrogens is 5. The Kier molecular flexibility index (Phi) is 5.47. The lowest BCUT2D eigenvalue weighted by atomic mass is 10.1. The molecule has 0 radical (unpaired) electrons. The number of aryl methyl sites for hydroxylation is 2. The summed E-state index contributed by atoms with van der Waals surface area (Å²) in [6.45, 7) is 2.65. The second kappa shape index (κ2) is 7.96. The van der Waals surface area contributed by atoms with Crippen molar-refractivity contribution in [3.63, 3.8) is 0 Å². The first kappa shape index (κ1) is 16.5. The van der Waals surface area contributed by atoms with Crippen molar-refractivity contribution in [2.24, 2.45) is 0 Å². The predicted molar refractivity (Wildman–Crippen MR) is 90.8 cm³/mol. The van der Waals surface area contributed by atoms with Gasteiger partial charge >= 0.3 is 5.69 Å². The summed E-state index contributed by atoms with van der Waals surface area (Å²) < 4.78 is 6.85. The highest BCUT2D eigenvalue weighted by Gasteiger charge is 2.12. The molecule has 0 aliphatic carbocycles. The molecule has 0 atom stereocenters. The van der Waals surface area contributed by atoms with Crippen molar-refractivity contribution in [1.29, 1.82) is 0 Å². The van der Waals surface area contributed by atoms with Gasteiger partial charge in [0.15, 0.2) is 11.0 Å². The van der Waals surface area contributed by atoms with E-state index >= 15 is 0 Å². The number of hydrogen-bond donors (Lipinski definition) is 1. The second-order valence-electron chi connectivity index (χ2n) is 5.34. The SMILES string of the molecule is CCCc1noc(CSc2n[nH]c(=O)n2CCc2ccccc2)n1. The van der Waals surface area contributed by atoms with Gasteiger partial charge in [0.25, 0.3) is 0 Å². The van der Waals surface area contributed by atoms with Crippen LogP contribution in [0.4, 0.5) is 0 Å². The summed E-state index contributed by atoms with van der Waals surface area (Å²) in [4.78, 5) is 16.3. The molecule has 0 saturated carbocycles. The minimum atomic E-state index is -0.203. The summed E-state index contributed by atoms with van der Waals surface area (Å²) in [6.07, 6.45) is 2.55. The van der Waals surface area contributed by atoms with E-state index in [-0.39, 0.29) is 5.69 Å². The van der Waals surface area contributed by atoms with Crippen LogP contribution in [0.5, 0.6) is 0 Å². The summed E-state index contributed by atoms with van der Waals surface area (Å²) in [5.74, 6) is 1.76. The third kappa shape index (κ3) is 4.14. The maximum Gasteiger partial charge on any atom is 0.343 e. The minimum absolute atomic E-state index is 0.203. The molecule has 8 heteroatoms. The standard InChI is InChI=1S/C16H19N5O2S/c1-2-6-13-17-14(23-20-13)11-24-16-19-18-15(22)21(16)10-9-12-7-4-3-5-8-12/h3-5,7-8H,2,6,9-11H2,1H3,(H,18,22). The van der Waals surface area contributed by atoms with Crippen molar-refractivity contribution >= 4 is 11.8 Å². The number of thioether (sulfide) groups is 1. The molecule has 126 valence electrons. The molecule has 24 heavy (non-hydrogen) atoms. The summed E-state index contributed by atoms with van der Waals surface area (Å²) in [5, 5.41) is 11.1. The van der Waals surface area contributed by atoms with Crippen LogP contribution in [0.15, 0.2) is 44.8 Å². The van der Waals surface area contributed by atoms with Crippen LogP contribution in [0.2, 0.25) is 0 Å². The lowest BCUT2D eigenvalue weighted by molar-refractivity contribution is 0.384. The monoisotopic (exact) mass is 345 g/mol. The van der Waals surface area contributed by atoms with E-state index < -0.39 is 0 Å². The first-order valence-corrected chi connectivity index (χ1v) is 8.88. The zero-order chi connectivity index (χ0) is 16.8. The van der Waals surface area contributed by atoms with Gasteiger partial charge in [0.05, 0.1) is 5.75 Å². The highest BCUT2D eigenvalue weighted by molar-refractivity contribution is 7.98. The number of H-pyrrole nitrogens is 1. The molecule has 3 aromatic rings. The molecule has 0 bridgehead atoms. The maximum atomic E-state index is 11.9. The highest BCUT2D eigenvalue weighted by Crippen LogP contribution is 2.19. The Morgan fingerprint density at radius 2 is 2.08 bits per heavy atom. The molecule has 0 unspecified atom stereocenters. The highest BCUT2D eigenvalue weighted by atomic mass is 32.2. The van der Waals surface area contributed by atoms with Crippen molar-refractivity contribution in [1.82, 2.24) is 24.9 Å². The first-order chi connectivity index (χ1) is 11.8. The zero-order valence-corrected chi connectivity index (χ0v) is 14.3. The van der Waals surface area contributed by atoms with Crippen LogP contribution in [0.3, 0.4) is 0 Å². The first-order valence-electron chi connectivity index (χ1n) is 7.89. The van der Waals surface area contributed by atoms with E-state index in [0.717, 1.165) is 25.1 Å². The Morgan fingerprint density at radius 1 is 1.25 bits per heavy atom. The van der Waals surface area contributed by atoms with E-state index in [2.05, 4.69) is 27.3 Å². The Balaban J connectivity index is 1.62. The van der Waals surface area contributed by atoms with Gasteiger partial charge in [-0.2, -0.15) is 4.98 Å². The van der Waals surface area contributed by atoms with E-state index in [1.807, 2.05) is 30.3 Å². The van der Waals surface area contributed by atoms with Crippen LogP contribution < -0.4 is 5.69 Å². The quantitative estimate of drug-likeness (QED) is 0.631. The smallest absolute Gasteiger partial charge is 0.338 e. The average Bonchev–Trinajstić information content (AvgIpc) is 3.19. The molecule has 2 aromatic heterocycles. The van der Waals surface area contributed by atoms with Crippen LogP contribution in [0.25, 0.3) is 0 Å².